The van der Waals surface area contributed by atoms with Gasteiger partial charge in [-0.2, -0.15) is 0 Å². The van der Waals surface area contributed by atoms with Gasteiger partial charge in [0.25, 0.3) is 0 Å². The maximum atomic E-state index is 6.20. The van der Waals surface area contributed by atoms with E-state index in [2.05, 4.69) is 52.3 Å². The molecule has 2 aromatic carbocycles. The van der Waals surface area contributed by atoms with Crippen molar-refractivity contribution in [2.75, 3.05) is 7.11 Å². The maximum absolute atomic E-state index is 6.20. The Hall–Kier alpha value is -1.32. The minimum Gasteiger partial charge on any atom is -0.497 e. The molecule has 100 valence electrons. The Morgan fingerprint density at radius 2 is 1.42 bits per heavy atom. The number of nitrogens with two attached hydrogens (primary N) is 1. The summed E-state index contributed by atoms with van der Waals surface area (Å²) in [7, 11) is 1.67. The van der Waals surface area contributed by atoms with Gasteiger partial charge in [0.2, 0.25) is 0 Å². The second-order valence-electron chi connectivity index (χ2n) is 4.64. The summed E-state index contributed by atoms with van der Waals surface area (Å²) in [5, 5.41) is 0. The summed E-state index contributed by atoms with van der Waals surface area (Å²) in [6, 6.07) is 16.5. The van der Waals surface area contributed by atoms with E-state index in [0.717, 1.165) is 23.1 Å². The van der Waals surface area contributed by atoms with Gasteiger partial charge >= 0.3 is 0 Å². The molecule has 0 aliphatic carbocycles. The van der Waals surface area contributed by atoms with Crippen LogP contribution >= 0.6 is 15.9 Å². The van der Waals surface area contributed by atoms with Crippen molar-refractivity contribution in [3.8, 4) is 5.75 Å². The highest BCUT2D eigenvalue weighted by molar-refractivity contribution is 9.10. The third kappa shape index (κ3) is 4.37. The van der Waals surface area contributed by atoms with Gasteiger partial charge in [-0.3, -0.25) is 0 Å². The lowest BCUT2D eigenvalue weighted by atomic mass is 10.00. The Bertz CT molecular complexity index is 507. The van der Waals surface area contributed by atoms with E-state index in [4.69, 9.17) is 10.5 Å². The van der Waals surface area contributed by atoms with Gasteiger partial charge in [-0.15, -0.1) is 0 Å². The second kappa shape index (κ2) is 6.73. The van der Waals surface area contributed by atoms with Crippen LogP contribution in [-0.2, 0) is 12.8 Å². The molecular formula is C16H18BrNO. The molecule has 0 aliphatic heterocycles. The number of hydrogen-bond acceptors (Lipinski definition) is 2. The van der Waals surface area contributed by atoms with Crippen molar-refractivity contribution in [1.82, 2.24) is 0 Å². The maximum Gasteiger partial charge on any atom is 0.118 e. The minimum atomic E-state index is 0.134. The summed E-state index contributed by atoms with van der Waals surface area (Å²) < 4.78 is 6.24. The summed E-state index contributed by atoms with van der Waals surface area (Å²) in [6.45, 7) is 0. The molecule has 0 heterocycles. The molecule has 2 N–H and O–H groups in total. The van der Waals surface area contributed by atoms with Gasteiger partial charge < -0.3 is 10.5 Å². The lowest BCUT2D eigenvalue weighted by Gasteiger charge is -2.12. The van der Waals surface area contributed by atoms with Gasteiger partial charge in [0.05, 0.1) is 7.11 Å². The van der Waals surface area contributed by atoms with Crippen LogP contribution in [-0.4, -0.2) is 13.2 Å². The zero-order valence-corrected chi connectivity index (χ0v) is 12.6. The van der Waals surface area contributed by atoms with E-state index < -0.39 is 0 Å². The van der Waals surface area contributed by atoms with Crippen LogP contribution in [0.5, 0.6) is 5.75 Å². The first kappa shape index (κ1) is 14.1. The molecule has 2 rings (SSSR count). The van der Waals surface area contributed by atoms with Crippen LogP contribution in [0.25, 0.3) is 0 Å². The van der Waals surface area contributed by atoms with Crippen LogP contribution in [0.1, 0.15) is 11.1 Å². The van der Waals surface area contributed by atoms with Crippen LogP contribution in [0.4, 0.5) is 0 Å². The van der Waals surface area contributed by atoms with E-state index in [1.807, 2.05) is 12.1 Å². The molecule has 0 saturated heterocycles. The van der Waals surface area contributed by atoms with E-state index in [1.54, 1.807) is 7.11 Å². The smallest absolute Gasteiger partial charge is 0.118 e. The van der Waals surface area contributed by atoms with Crippen molar-refractivity contribution in [3.05, 3.63) is 64.1 Å². The molecule has 0 spiro atoms. The fraction of sp³-hybridized carbons (Fsp3) is 0.250. The van der Waals surface area contributed by atoms with Crippen molar-refractivity contribution in [1.29, 1.82) is 0 Å². The first-order valence-corrected chi connectivity index (χ1v) is 7.09. The topological polar surface area (TPSA) is 35.2 Å². The summed E-state index contributed by atoms with van der Waals surface area (Å²) in [4.78, 5) is 0. The molecule has 19 heavy (non-hydrogen) atoms. The van der Waals surface area contributed by atoms with Crippen molar-refractivity contribution < 1.29 is 4.74 Å². The van der Waals surface area contributed by atoms with Gasteiger partial charge in [-0.05, 0) is 48.2 Å². The Labute approximate surface area is 122 Å². The summed E-state index contributed by atoms with van der Waals surface area (Å²) in [5.74, 6) is 0.880. The zero-order chi connectivity index (χ0) is 13.7. The summed E-state index contributed by atoms with van der Waals surface area (Å²) in [5.41, 5.74) is 8.71. The molecule has 0 saturated carbocycles. The van der Waals surface area contributed by atoms with E-state index in [-0.39, 0.29) is 6.04 Å². The Balaban J connectivity index is 1.92. The number of methoxy groups -OCH3 is 1. The Kier molecular flexibility index (Phi) is 5.00. The van der Waals surface area contributed by atoms with E-state index in [1.165, 1.54) is 11.1 Å². The number of rotatable bonds is 5. The fourth-order valence-corrected chi connectivity index (χ4v) is 2.32. The highest BCUT2D eigenvalue weighted by Gasteiger charge is 2.06. The quantitative estimate of drug-likeness (QED) is 0.914. The fourth-order valence-electron chi connectivity index (χ4n) is 2.06. The molecule has 0 aliphatic rings. The normalized spacial score (nSPS) is 12.2. The molecule has 0 aromatic heterocycles. The molecule has 0 amide bonds. The van der Waals surface area contributed by atoms with Crippen molar-refractivity contribution in [3.63, 3.8) is 0 Å². The summed E-state index contributed by atoms with van der Waals surface area (Å²) >= 11 is 3.44. The average Bonchev–Trinajstić information content (AvgIpc) is 2.42. The van der Waals surface area contributed by atoms with Gasteiger partial charge in [-0.25, -0.2) is 0 Å². The number of hydrogen-bond donors (Lipinski definition) is 1. The Morgan fingerprint density at radius 1 is 0.947 bits per heavy atom. The van der Waals surface area contributed by atoms with E-state index in [9.17, 15) is 0 Å². The summed E-state index contributed by atoms with van der Waals surface area (Å²) in [6.07, 6.45) is 1.76. The zero-order valence-electron chi connectivity index (χ0n) is 11.0. The van der Waals surface area contributed by atoms with E-state index in [0.29, 0.717) is 0 Å². The van der Waals surface area contributed by atoms with Gasteiger partial charge in [0, 0.05) is 10.5 Å². The predicted octanol–water partition coefficient (Wildman–Crippen LogP) is 3.57. The molecular weight excluding hydrogens is 302 g/mol. The number of benzene rings is 2. The molecule has 0 bridgehead atoms. The highest BCUT2D eigenvalue weighted by Crippen LogP contribution is 2.15. The van der Waals surface area contributed by atoms with Crippen molar-refractivity contribution in [2.45, 2.75) is 18.9 Å². The molecule has 1 unspecified atom stereocenters. The van der Waals surface area contributed by atoms with Gasteiger partial charge in [0.1, 0.15) is 5.75 Å². The second-order valence-corrected chi connectivity index (χ2v) is 5.56. The third-order valence-corrected chi connectivity index (χ3v) is 3.60. The van der Waals surface area contributed by atoms with Crippen LogP contribution in [0.3, 0.4) is 0 Å². The third-order valence-electron chi connectivity index (χ3n) is 3.07. The Morgan fingerprint density at radius 3 is 1.89 bits per heavy atom. The number of ether oxygens (including phenoxy) is 1. The van der Waals surface area contributed by atoms with Crippen LogP contribution in [0, 0.1) is 0 Å². The molecule has 1 atom stereocenters. The lowest BCUT2D eigenvalue weighted by molar-refractivity contribution is 0.414. The van der Waals surface area contributed by atoms with E-state index >= 15 is 0 Å². The average molecular weight is 320 g/mol. The van der Waals surface area contributed by atoms with Gasteiger partial charge in [-0.1, -0.05) is 40.2 Å². The largest absolute Gasteiger partial charge is 0.497 e. The SMILES string of the molecule is COc1ccc(CC(N)Cc2ccc(Br)cc2)cc1. The van der Waals surface area contributed by atoms with Crippen LogP contribution in [0.15, 0.2) is 53.0 Å². The highest BCUT2D eigenvalue weighted by atomic mass is 79.9. The monoisotopic (exact) mass is 319 g/mol. The molecule has 3 heteroatoms. The van der Waals surface area contributed by atoms with Gasteiger partial charge in [0.15, 0.2) is 0 Å². The molecule has 0 radical (unpaired) electrons. The van der Waals surface area contributed by atoms with Crippen molar-refractivity contribution >= 4 is 15.9 Å². The first-order valence-electron chi connectivity index (χ1n) is 6.30. The minimum absolute atomic E-state index is 0.134. The predicted molar refractivity (Wildman–Crippen MR) is 82.5 cm³/mol. The van der Waals surface area contributed by atoms with Crippen LogP contribution in [0.2, 0.25) is 0 Å². The lowest BCUT2D eigenvalue weighted by Crippen LogP contribution is -2.25. The first-order chi connectivity index (χ1) is 9.17. The molecule has 2 aromatic rings. The van der Waals surface area contributed by atoms with Crippen molar-refractivity contribution in [2.24, 2.45) is 5.73 Å². The number of halogens is 1. The molecule has 2 nitrogen and oxygen atoms in total. The standard InChI is InChI=1S/C16H18BrNO/c1-19-16-8-4-13(5-9-16)11-15(18)10-12-2-6-14(17)7-3-12/h2-9,15H,10-11,18H2,1H3. The molecule has 0 fully saturated rings. The van der Waals surface area contributed by atoms with Crippen LogP contribution < -0.4 is 10.5 Å².